The fourth-order valence-corrected chi connectivity index (χ4v) is 2.79. The average Bonchev–Trinajstić information content (AvgIpc) is 2.61. The van der Waals surface area contributed by atoms with Gasteiger partial charge in [0.25, 0.3) is 5.91 Å². The van der Waals surface area contributed by atoms with Crippen LogP contribution in [0.2, 0.25) is 0 Å². The molecule has 5 nitrogen and oxygen atoms in total. The molecule has 0 bridgehead atoms. The van der Waals surface area contributed by atoms with Crippen molar-refractivity contribution >= 4 is 5.91 Å². The van der Waals surface area contributed by atoms with Gasteiger partial charge in [-0.3, -0.25) is 9.69 Å². The Hall–Kier alpha value is -2.03. The van der Waals surface area contributed by atoms with Gasteiger partial charge in [0.1, 0.15) is 12.4 Å². The van der Waals surface area contributed by atoms with Crippen molar-refractivity contribution in [3.63, 3.8) is 0 Å². The van der Waals surface area contributed by atoms with Gasteiger partial charge in [-0.2, -0.15) is 0 Å². The molecule has 23 heavy (non-hydrogen) atoms. The lowest BCUT2D eigenvalue weighted by molar-refractivity contribution is 0.0472. The molecule has 1 unspecified atom stereocenters. The highest BCUT2D eigenvalue weighted by Crippen LogP contribution is 2.16. The number of benzene rings is 1. The summed E-state index contributed by atoms with van der Waals surface area (Å²) in [5, 5.41) is 9.37. The molecule has 1 aliphatic rings. The van der Waals surface area contributed by atoms with Crippen molar-refractivity contribution in [3.8, 4) is 18.1 Å². The SMILES string of the molecule is C#CCOc1ccc(C(=O)N2CCN(C(CC)CO)CC2)cc1. The number of ether oxygens (including phenoxy) is 1. The lowest BCUT2D eigenvalue weighted by atomic mass is 10.1. The van der Waals surface area contributed by atoms with E-state index in [1.807, 2.05) is 4.90 Å². The van der Waals surface area contributed by atoms with Gasteiger partial charge in [0.05, 0.1) is 6.61 Å². The third-order valence-corrected chi connectivity index (χ3v) is 4.22. The quantitative estimate of drug-likeness (QED) is 0.802. The minimum absolute atomic E-state index is 0.0326. The monoisotopic (exact) mass is 316 g/mol. The van der Waals surface area contributed by atoms with Crippen molar-refractivity contribution in [3.05, 3.63) is 29.8 Å². The average molecular weight is 316 g/mol. The lowest BCUT2D eigenvalue weighted by Gasteiger charge is -2.38. The first-order valence-electron chi connectivity index (χ1n) is 8.00. The standard InChI is InChI=1S/C18H24N2O3/c1-3-13-23-17-7-5-15(6-8-17)18(22)20-11-9-19(10-12-20)16(4-2)14-21/h1,5-8,16,21H,4,9-14H2,2H3. The zero-order valence-electron chi connectivity index (χ0n) is 13.6. The molecule has 1 N–H and O–H groups in total. The largest absolute Gasteiger partial charge is 0.481 e. The van der Waals surface area contributed by atoms with E-state index in [-0.39, 0.29) is 25.2 Å². The number of aliphatic hydroxyl groups excluding tert-OH is 1. The smallest absolute Gasteiger partial charge is 0.253 e. The summed E-state index contributed by atoms with van der Waals surface area (Å²) in [7, 11) is 0. The Bertz CT molecular complexity index is 538. The Balaban J connectivity index is 1.91. The van der Waals surface area contributed by atoms with E-state index in [4.69, 9.17) is 11.2 Å². The molecule has 1 aromatic rings. The Kier molecular flexibility index (Phi) is 6.45. The highest BCUT2D eigenvalue weighted by Gasteiger charge is 2.25. The fourth-order valence-electron chi connectivity index (χ4n) is 2.79. The number of piperazine rings is 1. The number of terminal acetylenes is 1. The first-order chi connectivity index (χ1) is 11.2. The van der Waals surface area contributed by atoms with E-state index in [1.165, 1.54) is 0 Å². The van der Waals surface area contributed by atoms with Gasteiger partial charge in [-0.1, -0.05) is 12.8 Å². The molecular formula is C18H24N2O3. The number of carbonyl (C=O) groups is 1. The van der Waals surface area contributed by atoms with Crippen molar-refractivity contribution in [1.82, 2.24) is 9.80 Å². The van der Waals surface area contributed by atoms with Crippen LogP contribution in [0.3, 0.4) is 0 Å². The van der Waals surface area contributed by atoms with Gasteiger partial charge < -0.3 is 14.7 Å². The molecule has 1 heterocycles. The second kappa shape index (κ2) is 8.56. The summed E-state index contributed by atoms with van der Waals surface area (Å²) in [4.78, 5) is 16.6. The summed E-state index contributed by atoms with van der Waals surface area (Å²) in [6.07, 6.45) is 6.07. The highest BCUT2D eigenvalue weighted by molar-refractivity contribution is 5.94. The van der Waals surface area contributed by atoms with Crippen LogP contribution < -0.4 is 4.74 Å². The van der Waals surface area contributed by atoms with Gasteiger partial charge in [-0.05, 0) is 30.7 Å². The molecule has 0 saturated carbocycles. The van der Waals surface area contributed by atoms with Gasteiger partial charge >= 0.3 is 0 Å². The Morgan fingerprint density at radius 2 is 1.96 bits per heavy atom. The van der Waals surface area contributed by atoms with Crippen LogP contribution >= 0.6 is 0 Å². The molecular weight excluding hydrogens is 292 g/mol. The van der Waals surface area contributed by atoms with Gasteiger partial charge in [0.2, 0.25) is 0 Å². The molecule has 1 aromatic carbocycles. The van der Waals surface area contributed by atoms with E-state index in [1.54, 1.807) is 24.3 Å². The van der Waals surface area contributed by atoms with Gasteiger partial charge in [0, 0.05) is 37.8 Å². The predicted molar refractivity (Wildman–Crippen MR) is 89.4 cm³/mol. The molecule has 0 radical (unpaired) electrons. The van der Waals surface area contributed by atoms with E-state index in [9.17, 15) is 9.90 Å². The summed E-state index contributed by atoms with van der Waals surface area (Å²) in [6, 6.07) is 7.26. The van der Waals surface area contributed by atoms with Crippen LogP contribution in [0.5, 0.6) is 5.75 Å². The summed E-state index contributed by atoms with van der Waals surface area (Å²) in [5.41, 5.74) is 0.653. The molecule has 1 aliphatic heterocycles. The first kappa shape index (κ1) is 17.3. The predicted octanol–water partition coefficient (Wildman–Crippen LogP) is 1.23. The number of hydrogen-bond donors (Lipinski definition) is 1. The number of amides is 1. The van der Waals surface area contributed by atoms with Crippen LogP contribution in [0, 0.1) is 12.3 Å². The number of rotatable bonds is 6. The van der Waals surface area contributed by atoms with E-state index >= 15 is 0 Å². The van der Waals surface area contributed by atoms with Crippen molar-refractivity contribution in [2.75, 3.05) is 39.4 Å². The van der Waals surface area contributed by atoms with E-state index < -0.39 is 0 Å². The summed E-state index contributed by atoms with van der Waals surface area (Å²) < 4.78 is 5.31. The Labute approximate surface area is 137 Å². The molecule has 2 rings (SSSR count). The number of carbonyl (C=O) groups excluding carboxylic acids is 1. The van der Waals surface area contributed by atoms with Crippen molar-refractivity contribution in [2.45, 2.75) is 19.4 Å². The van der Waals surface area contributed by atoms with Crippen LogP contribution in [0.25, 0.3) is 0 Å². The second-order valence-electron chi connectivity index (χ2n) is 5.59. The zero-order valence-corrected chi connectivity index (χ0v) is 13.6. The third kappa shape index (κ3) is 4.47. The minimum atomic E-state index is 0.0326. The van der Waals surface area contributed by atoms with E-state index in [0.717, 1.165) is 19.5 Å². The third-order valence-electron chi connectivity index (χ3n) is 4.22. The first-order valence-corrected chi connectivity index (χ1v) is 8.00. The van der Waals surface area contributed by atoms with Gasteiger partial charge in [0.15, 0.2) is 0 Å². The highest BCUT2D eigenvalue weighted by atomic mass is 16.5. The second-order valence-corrected chi connectivity index (χ2v) is 5.59. The van der Waals surface area contributed by atoms with Crippen LogP contribution in [-0.2, 0) is 0 Å². The van der Waals surface area contributed by atoms with Crippen molar-refractivity contribution < 1.29 is 14.6 Å². The molecule has 0 spiro atoms. The molecule has 1 fully saturated rings. The molecule has 5 heteroatoms. The summed E-state index contributed by atoms with van der Waals surface area (Å²) >= 11 is 0. The summed E-state index contributed by atoms with van der Waals surface area (Å²) in [6.45, 7) is 5.43. The van der Waals surface area contributed by atoms with Crippen LogP contribution in [-0.4, -0.2) is 66.2 Å². The van der Waals surface area contributed by atoms with Gasteiger partial charge in [-0.15, -0.1) is 6.42 Å². The minimum Gasteiger partial charge on any atom is -0.481 e. The van der Waals surface area contributed by atoms with Gasteiger partial charge in [-0.25, -0.2) is 0 Å². The molecule has 1 amide bonds. The maximum absolute atomic E-state index is 12.5. The number of nitrogens with zero attached hydrogens (tertiary/aromatic N) is 2. The Morgan fingerprint density at radius 1 is 1.30 bits per heavy atom. The molecule has 1 atom stereocenters. The van der Waals surface area contributed by atoms with Crippen LogP contribution in [0.4, 0.5) is 0 Å². The maximum atomic E-state index is 12.5. The van der Waals surface area contributed by atoms with E-state index in [0.29, 0.717) is 24.4 Å². The number of hydrogen-bond acceptors (Lipinski definition) is 4. The number of aliphatic hydroxyl groups is 1. The van der Waals surface area contributed by atoms with E-state index in [2.05, 4.69) is 17.7 Å². The lowest BCUT2D eigenvalue weighted by Crippen LogP contribution is -2.52. The van der Waals surface area contributed by atoms with Crippen molar-refractivity contribution in [1.29, 1.82) is 0 Å². The normalized spacial score (nSPS) is 16.7. The van der Waals surface area contributed by atoms with Crippen molar-refractivity contribution in [2.24, 2.45) is 0 Å². The Morgan fingerprint density at radius 3 is 2.48 bits per heavy atom. The molecule has 0 aromatic heterocycles. The topological polar surface area (TPSA) is 53.0 Å². The molecule has 124 valence electrons. The molecule has 0 aliphatic carbocycles. The van der Waals surface area contributed by atoms with Crippen LogP contribution in [0.15, 0.2) is 24.3 Å². The summed E-state index contributed by atoms with van der Waals surface area (Å²) in [5.74, 6) is 3.11. The maximum Gasteiger partial charge on any atom is 0.253 e. The fraction of sp³-hybridized carbons (Fsp3) is 0.500. The zero-order chi connectivity index (χ0) is 16.7. The van der Waals surface area contributed by atoms with Crippen LogP contribution in [0.1, 0.15) is 23.7 Å². The molecule has 1 saturated heterocycles.